The fourth-order valence-corrected chi connectivity index (χ4v) is 8.36. The van der Waals surface area contributed by atoms with E-state index >= 15 is 0 Å². The summed E-state index contributed by atoms with van der Waals surface area (Å²) in [6, 6.07) is 26.7. The van der Waals surface area contributed by atoms with Crippen molar-refractivity contribution in [2.45, 2.75) is 170 Å². The second kappa shape index (κ2) is 21.5. The molecule has 5 unspecified atom stereocenters. The maximum atomic E-state index is 12.8. The zero-order valence-corrected chi connectivity index (χ0v) is 38.1. The minimum atomic E-state index is 0.117. The summed E-state index contributed by atoms with van der Waals surface area (Å²) in [6.45, 7) is 30.5. The first kappa shape index (κ1) is 46.2. The topological polar surface area (TPSA) is 29.1 Å². The van der Waals surface area contributed by atoms with Crippen LogP contribution in [0.1, 0.15) is 191 Å². The van der Waals surface area contributed by atoms with Gasteiger partial charge in [0.2, 0.25) is 0 Å². The van der Waals surface area contributed by atoms with Crippen molar-refractivity contribution in [1.29, 1.82) is 0 Å². The van der Waals surface area contributed by atoms with Crippen molar-refractivity contribution in [1.82, 2.24) is 5.32 Å². The van der Waals surface area contributed by atoms with Crippen LogP contribution >= 0.6 is 0 Å². The second-order valence-electron chi connectivity index (χ2n) is 19.3. The Hall–Kier alpha value is -3.49. The minimum absolute atomic E-state index is 0.117. The molecule has 0 spiro atoms. The minimum Gasteiger partial charge on any atom is -0.306 e. The fraction of sp³-hybridized carbons (Fsp3) is 0.545. The lowest BCUT2D eigenvalue weighted by Crippen LogP contribution is -2.35. The number of Topliss-reactive ketones (excluding diaryl/α,β-unsaturated/α-hetero) is 1. The van der Waals surface area contributed by atoms with Gasteiger partial charge < -0.3 is 5.32 Å². The number of hydrogen-bond acceptors (Lipinski definition) is 2. The monoisotopic (exact) mass is 770 g/mol. The normalized spacial score (nSPS) is 19.2. The number of benzene rings is 3. The number of hydrogen-bond donors (Lipinski definition) is 1. The first-order valence-corrected chi connectivity index (χ1v) is 22.8. The van der Waals surface area contributed by atoms with Crippen LogP contribution in [0, 0.1) is 17.8 Å². The summed E-state index contributed by atoms with van der Waals surface area (Å²) in [7, 11) is 0. The maximum Gasteiger partial charge on any atom is 0.166 e. The summed E-state index contributed by atoms with van der Waals surface area (Å²) < 4.78 is 0. The molecule has 1 saturated carbocycles. The molecule has 2 heteroatoms. The smallest absolute Gasteiger partial charge is 0.166 e. The second-order valence-corrected chi connectivity index (χ2v) is 19.3. The van der Waals surface area contributed by atoms with E-state index in [0.29, 0.717) is 23.5 Å². The number of rotatable bonds is 18. The van der Waals surface area contributed by atoms with E-state index in [1.807, 2.05) is 6.07 Å². The van der Waals surface area contributed by atoms with Gasteiger partial charge in [0.15, 0.2) is 5.78 Å². The number of carbonyl (C=O) groups is 1. The van der Waals surface area contributed by atoms with Crippen LogP contribution in [0.25, 0.3) is 11.1 Å². The Labute approximate surface area is 350 Å². The molecule has 0 radical (unpaired) electrons. The molecule has 3 aromatic carbocycles. The Morgan fingerprint density at radius 1 is 0.737 bits per heavy atom. The van der Waals surface area contributed by atoms with Crippen LogP contribution in [0.3, 0.4) is 0 Å². The van der Waals surface area contributed by atoms with E-state index in [0.717, 1.165) is 42.9 Å². The number of nitrogens with one attached hydrogen (secondary N) is 1. The van der Waals surface area contributed by atoms with Gasteiger partial charge in [0, 0.05) is 11.5 Å². The van der Waals surface area contributed by atoms with Gasteiger partial charge in [0.1, 0.15) is 0 Å². The third kappa shape index (κ3) is 13.0. The molecule has 3 aromatic rings. The van der Waals surface area contributed by atoms with E-state index in [1.165, 1.54) is 90.3 Å². The molecule has 0 amide bonds. The van der Waals surface area contributed by atoms with Crippen molar-refractivity contribution in [2.24, 2.45) is 17.8 Å². The lowest BCUT2D eigenvalue weighted by molar-refractivity contribution is 0.0959. The highest BCUT2D eigenvalue weighted by atomic mass is 16.1. The largest absolute Gasteiger partial charge is 0.306 e. The molecular formula is C55H79NO. The van der Waals surface area contributed by atoms with Crippen LogP contribution in [0.15, 0.2) is 97.1 Å². The van der Waals surface area contributed by atoms with Gasteiger partial charge in [-0.05, 0) is 105 Å². The van der Waals surface area contributed by atoms with Gasteiger partial charge in [-0.3, -0.25) is 4.79 Å². The van der Waals surface area contributed by atoms with Crippen molar-refractivity contribution in [3.63, 3.8) is 0 Å². The average Bonchev–Trinajstić information content (AvgIpc) is 3.99. The maximum absolute atomic E-state index is 12.8. The molecule has 57 heavy (non-hydrogen) atoms. The number of carbonyl (C=O) groups excluding carboxylic acids is 1. The first-order valence-electron chi connectivity index (χ1n) is 22.8. The first-order chi connectivity index (χ1) is 27.1. The van der Waals surface area contributed by atoms with Crippen LogP contribution < -0.4 is 5.32 Å². The van der Waals surface area contributed by atoms with Crippen molar-refractivity contribution in [3.05, 3.63) is 130 Å². The molecule has 2 nitrogen and oxygen atoms in total. The number of allylic oxidation sites excluding steroid dienone is 2. The molecule has 0 heterocycles. The summed E-state index contributed by atoms with van der Waals surface area (Å²) in [5.74, 6) is 2.64. The van der Waals surface area contributed by atoms with E-state index < -0.39 is 0 Å². The third-order valence-corrected chi connectivity index (χ3v) is 12.9. The number of ketones is 1. The van der Waals surface area contributed by atoms with Crippen molar-refractivity contribution in [3.8, 4) is 0 Å². The summed E-state index contributed by atoms with van der Waals surface area (Å²) in [5, 5.41) is 3.86. The lowest BCUT2D eigenvalue weighted by Gasteiger charge is -2.30. The van der Waals surface area contributed by atoms with E-state index in [9.17, 15) is 4.79 Å². The van der Waals surface area contributed by atoms with Crippen LogP contribution in [0.4, 0.5) is 0 Å². The van der Waals surface area contributed by atoms with Crippen LogP contribution in [0.2, 0.25) is 0 Å². The highest BCUT2D eigenvalue weighted by Crippen LogP contribution is 2.44. The molecule has 0 bridgehead atoms. The van der Waals surface area contributed by atoms with Crippen LogP contribution in [-0.4, -0.2) is 18.4 Å². The lowest BCUT2D eigenvalue weighted by atomic mass is 9.80. The van der Waals surface area contributed by atoms with Crippen LogP contribution in [-0.2, 0) is 10.8 Å². The molecule has 1 N–H and O–H groups in total. The fourth-order valence-electron chi connectivity index (χ4n) is 8.36. The molecule has 0 aromatic heterocycles. The quantitative estimate of drug-likeness (QED) is 0.103. The van der Waals surface area contributed by atoms with E-state index in [2.05, 4.69) is 167 Å². The Morgan fingerprint density at radius 2 is 1.33 bits per heavy atom. The Bertz CT molecular complexity index is 1770. The Morgan fingerprint density at radius 3 is 1.88 bits per heavy atom. The third-order valence-electron chi connectivity index (χ3n) is 12.9. The summed E-state index contributed by atoms with van der Waals surface area (Å²) in [4.78, 5) is 12.8. The van der Waals surface area contributed by atoms with Crippen LogP contribution in [0.5, 0.6) is 0 Å². The molecule has 2 aliphatic rings. The predicted molar refractivity (Wildman–Crippen MR) is 250 cm³/mol. The molecule has 310 valence electrons. The Kier molecular flexibility index (Phi) is 17.4. The zero-order valence-electron chi connectivity index (χ0n) is 38.1. The van der Waals surface area contributed by atoms with Crippen molar-refractivity contribution >= 4 is 16.9 Å². The van der Waals surface area contributed by atoms with Gasteiger partial charge in [-0.25, -0.2) is 0 Å². The standard InChI is InChI=1S/C33H45N.C22H34O/c1-10-23(2)21-22-34-31-24(3)29(25-11-15-27(16-12-25)32(4,5)6)19-20-30(31)26-13-17-28(18-14-26)33(7,8)9;1-4-7-8-9-10-13-17(5-2)19-14-11-12-15-20(19)22(23)21-16-18(21)6-3/h11-20,23,31,34H,3,10,21-22H2,1-2,4-9H3;11-12,14-15,17-18,21H,4-10,13,16H2,1-3H3. The SMILES string of the molecule is C=C1C(c2ccc(C(C)(C)C)cc2)=CC=C(c2ccc(C(C)(C)C)cc2)C1NCCC(C)CC.CCCCCCCC(CC)c1ccccc1C(=O)C1CC1CC. The molecular weight excluding hydrogens is 691 g/mol. The molecule has 5 rings (SSSR count). The average molecular weight is 770 g/mol. The number of unbranched alkanes of at least 4 members (excludes halogenated alkanes) is 4. The van der Waals surface area contributed by atoms with E-state index in [4.69, 9.17) is 0 Å². The van der Waals surface area contributed by atoms with Crippen molar-refractivity contribution < 1.29 is 4.79 Å². The van der Waals surface area contributed by atoms with Crippen molar-refractivity contribution in [2.75, 3.05) is 6.54 Å². The molecule has 5 atom stereocenters. The van der Waals surface area contributed by atoms with Gasteiger partial charge in [0.05, 0.1) is 6.04 Å². The van der Waals surface area contributed by atoms with E-state index in [-0.39, 0.29) is 16.9 Å². The summed E-state index contributed by atoms with van der Waals surface area (Å²) >= 11 is 0. The van der Waals surface area contributed by atoms with Gasteiger partial charge in [-0.1, -0.05) is 213 Å². The van der Waals surface area contributed by atoms with E-state index in [1.54, 1.807) is 0 Å². The zero-order chi connectivity index (χ0) is 41.8. The van der Waals surface area contributed by atoms with Gasteiger partial charge >= 0.3 is 0 Å². The van der Waals surface area contributed by atoms with Gasteiger partial charge in [-0.2, -0.15) is 0 Å². The summed E-state index contributed by atoms with van der Waals surface area (Å²) in [5.41, 5.74) is 11.6. The molecule has 1 fully saturated rings. The molecule has 0 saturated heterocycles. The highest BCUT2D eigenvalue weighted by molar-refractivity contribution is 6.01. The molecule has 0 aliphatic heterocycles. The molecule has 2 aliphatic carbocycles. The predicted octanol–water partition coefficient (Wildman–Crippen LogP) is 15.5. The van der Waals surface area contributed by atoms with Gasteiger partial charge in [-0.15, -0.1) is 0 Å². The Balaban J connectivity index is 0.000000273. The highest BCUT2D eigenvalue weighted by Gasteiger charge is 2.42. The summed E-state index contributed by atoms with van der Waals surface area (Å²) in [6.07, 6.45) is 18.2. The van der Waals surface area contributed by atoms with Gasteiger partial charge in [0.25, 0.3) is 0 Å².